The Morgan fingerprint density at radius 2 is 2.19 bits per heavy atom. The Labute approximate surface area is 158 Å². The van der Waals surface area contributed by atoms with Crippen molar-refractivity contribution < 1.29 is 14.3 Å². The number of benzene rings is 1. The van der Waals surface area contributed by atoms with Gasteiger partial charge in [-0.3, -0.25) is 0 Å². The van der Waals surface area contributed by atoms with Gasteiger partial charge in [-0.25, -0.2) is 4.79 Å². The summed E-state index contributed by atoms with van der Waals surface area (Å²) in [5.74, 6) is 1.57. The summed E-state index contributed by atoms with van der Waals surface area (Å²) in [6.45, 7) is 2.84. The van der Waals surface area contributed by atoms with Crippen LogP contribution in [-0.4, -0.2) is 31.7 Å². The third-order valence-corrected chi connectivity index (χ3v) is 5.89. The van der Waals surface area contributed by atoms with Crippen molar-refractivity contribution in [1.82, 2.24) is 10.2 Å². The second-order valence-electron chi connectivity index (χ2n) is 6.39. The minimum Gasteiger partial charge on any atom is -0.497 e. The third-order valence-electron chi connectivity index (χ3n) is 4.90. The molecule has 1 aromatic carbocycles. The fraction of sp³-hybridized carbons (Fsp3) is 0.450. The van der Waals surface area contributed by atoms with Crippen molar-refractivity contribution in [3.8, 4) is 11.5 Å². The molecule has 2 atom stereocenters. The van der Waals surface area contributed by atoms with E-state index in [0.29, 0.717) is 0 Å². The van der Waals surface area contributed by atoms with Crippen LogP contribution in [-0.2, 0) is 0 Å². The van der Waals surface area contributed by atoms with Gasteiger partial charge in [0, 0.05) is 17.0 Å². The summed E-state index contributed by atoms with van der Waals surface area (Å²) in [6.07, 6.45) is 2.77. The molecule has 2 heterocycles. The van der Waals surface area contributed by atoms with Crippen LogP contribution in [0.25, 0.3) is 0 Å². The normalized spacial score (nSPS) is 17.8. The second-order valence-corrected chi connectivity index (χ2v) is 7.36. The van der Waals surface area contributed by atoms with Gasteiger partial charge in [-0.05, 0) is 48.9 Å². The highest BCUT2D eigenvalue weighted by Gasteiger charge is 2.33. The van der Waals surface area contributed by atoms with Crippen LogP contribution in [0.1, 0.15) is 48.7 Å². The van der Waals surface area contributed by atoms with Gasteiger partial charge in [0.2, 0.25) is 0 Å². The Morgan fingerprint density at radius 3 is 2.85 bits per heavy atom. The lowest BCUT2D eigenvalue weighted by Crippen LogP contribution is -2.41. The molecular weight excluding hydrogens is 348 g/mol. The van der Waals surface area contributed by atoms with Gasteiger partial charge in [0.05, 0.1) is 26.3 Å². The van der Waals surface area contributed by atoms with Crippen molar-refractivity contribution in [2.75, 3.05) is 20.8 Å². The molecule has 1 aliphatic heterocycles. The summed E-state index contributed by atoms with van der Waals surface area (Å²) in [4.78, 5) is 16.1. The van der Waals surface area contributed by atoms with Crippen LogP contribution in [0.15, 0.2) is 35.7 Å². The zero-order chi connectivity index (χ0) is 18.5. The molecule has 2 aromatic rings. The van der Waals surface area contributed by atoms with E-state index in [4.69, 9.17) is 9.47 Å². The molecule has 6 heteroatoms. The van der Waals surface area contributed by atoms with E-state index in [1.807, 2.05) is 34.5 Å². The van der Waals surface area contributed by atoms with E-state index in [0.717, 1.165) is 42.9 Å². The number of likely N-dealkylation sites (tertiary alicyclic amines) is 1. The number of amides is 2. The summed E-state index contributed by atoms with van der Waals surface area (Å²) in [5.41, 5.74) is 1.00. The van der Waals surface area contributed by atoms with Crippen LogP contribution >= 0.6 is 11.3 Å². The first-order valence-electron chi connectivity index (χ1n) is 9.00. The SMILES string of the molecule is CCC(NC(=O)N1CCCC1c1cc(OC)ccc1OC)c1cccs1. The smallest absolute Gasteiger partial charge is 0.318 e. The first-order chi connectivity index (χ1) is 12.7. The standard InChI is InChI=1S/C20H26N2O3S/c1-4-16(19-8-6-12-26-19)21-20(23)22-11-5-7-17(22)15-13-14(24-2)9-10-18(15)25-3/h6,8-10,12-13,16-17H,4-5,7,11H2,1-3H3,(H,21,23). The fourth-order valence-electron chi connectivity index (χ4n) is 3.53. The Morgan fingerprint density at radius 1 is 1.35 bits per heavy atom. The molecule has 0 bridgehead atoms. The van der Waals surface area contributed by atoms with E-state index >= 15 is 0 Å². The third kappa shape index (κ3) is 3.80. The Bertz CT molecular complexity index is 733. The predicted molar refractivity (Wildman–Crippen MR) is 104 cm³/mol. The van der Waals surface area contributed by atoms with E-state index in [9.17, 15) is 4.79 Å². The molecule has 1 aromatic heterocycles. The lowest BCUT2D eigenvalue weighted by Gasteiger charge is -2.28. The molecule has 140 valence electrons. The number of urea groups is 1. The monoisotopic (exact) mass is 374 g/mol. The predicted octanol–water partition coefficient (Wildman–Crippen LogP) is 4.76. The highest BCUT2D eigenvalue weighted by molar-refractivity contribution is 7.10. The van der Waals surface area contributed by atoms with Crippen molar-refractivity contribution in [3.63, 3.8) is 0 Å². The van der Waals surface area contributed by atoms with Crippen LogP contribution in [0.5, 0.6) is 11.5 Å². The summed E-state index contributed by atoms with van der Waals surface area (Å²) < 4.78 is 10.9. The molecule has 1 fully saturated rings. The average Bonchev–Trinajstić information content (AvgIpc) is 3.37. The number of hydrogen-bond donors (Lipinski definition) is 1. The Balaban J connectivity index is 1.80. The molecule has 5 nitrogen and oxygen atoms in total. The fourth-order valence-corrected chi connectivity index (χ4v) is 4.39. The first kappa shape index (κ1) is 18.6. The van der Waals surface area contributed by atoms with Crippen molar-refractivity contribution >= 4 is 17.4 Å². The van der Waals surface area contributed by atoms with E-state index in [-0.39, 0.29) is 18.1 Å². The van der Waals surface area contributed by atoms with Crippen molar-refractivity contribution in [2.45, 2.75) is 38.3 Å². The minimum absolute atomic E-state index is 0.000826. The van der Waals surface area contributed by atoms with Gasteiger partial charge in [0.1, 0.15) is 11.5 Å². The van der Waals surface area contributed by atoms with Crippen molar-refractivity contribution in [3.05, 3.63) is 46.2 Å². The number of nitrogens with zero attached hydrogens (tertiary/aromatic N) is 1. The van der Waals surface area contributed by atoms with Crippen LogP contribution in [0, 0.1) is 0 Å². The van der Waals surface area contributed by atoms with E-state index in [1.54, 1.807) is 25.6 Å². The number of hydrogen-bond acceptors (Lipinski definition) is 4. The molecule has 0 radical (unpaired) electrons. The van der Waals surface area contributed by atoms with Crippen molar-refractivity contribution in [1.29, 1.82) is 0 Å². The molecular formula is C20H26N2O3S. The maximum atomic E-state index is 13.0. The maximum absolute atomic E-state index is 13.0. The van der Waals surface area contributed by atoms with Gasteiger partial charge < -0.3 is 19.7 Å². The minimum atomic E-state index is -0.0161. The van der Waals surface area contributed by atoms with E-state index in [2.05, 4.69) is 18.3 Å². The summed E-state index contributed by atoms with van der Waals surface area (Å²) in [6, 6.07) is 9.90. The lowest BCUT2D eigenvalue weighted by molar-refractivity contribution is 0.187. The number of carbonyl (C=O) groups excluding carboxylic acids is 1. The summed E-state index contributed by atoms with van der Waals surface area (Å²) in [5, 5.41) is 5.25. The van der Waals surface area contributed by atoms with Gasteiger partial charge in [-0.2, -0.15) is 0 Å². The van der Waals surface area contributed by atoms with Gasteiger partial charge in [0.25, 0.3) is 0 Å². The quantitative estimate of drug-likeness (QED) is 0.793. The van der Waals surface area contributed by atoms with Gasteiger partial charge >= 0.3 is 6.03 Å². The number of nitrogens with one attached hydrogen (secondary N) is 1. The van der Waals surface area contributed by atoms with Crippen LogP contribution in [0.4, 0.5) is 4.79 Å². The molecule has 0 saturated carbocycles. The zero-order valence-electron chi connectivity index (χ0n) is 15.5. The lowest BCUT2D eigenvalue weighted by atomic mass is 10.0. The molecule has 0 aliphatic carbocycles. The molecule has 3 rings (SSSR count). The first-order valence-corrected chi connectivity index (χ1v) is 9.88. The number of methoxy groups -OCH3 is 2. The molecule has 0 spiro atoms. The Kier molecular flexibility index (Phi) is 6.04. The highest BCUT2D eigenvalue weighted by Crippen LogP contribution is 2.39. The average molecular weight is 375 g/mol. The number of ether oxygens (including phenoxy) is 2. The van der Waals surface area contributed by atoms with Crippen LogP contribution < -0.4 is 14.8 Å². The highest BCUT2D eigenvalue weighted by atomic mass is 32.1. The van der Waals surface area contributed by atoms with Gasteiger partial charge in [-0.15, -0.1) is 11.3 Å². The number of carbonyl (C=O) groups is 1. The molecule has 2 amide bonds. The summed E-state index contributed by atoms with van der Waals surface area (Å²) >= 11 is 1.68. The van der Waals surface area contributed by atoms with Gasteiger partial charge in [0.15, 0.2) is 0 Å². The van der Waals surface area contributed by atoms with Crippen LogP contribution in [0.2, 0.25) is 0 Å². The van der Waals surface area contributed by atoms with Crippen LogP contribution in [0.3, 0.4) is 0 Å². The largest absolute Gasteiger partial charge is 0.497 e. The van der Waals surface area contributed by atoms with Crippen molar-refractivity contribution in [2.24, 2.45) is 0 Å². The topological polar surface area (TPSA) is 50.8 Å². The second kappa shape index (κ2) is 8.45. The van der Waals surface area contributed by atoms with Gasteiger partial charge in [-0.1, -0.05) is 13.0 Å². The molecule has 26 heavy (non-hydrogen) atoms. The maximum Gasteiger partial charge on any atom is 0.318 e. The molecule has 1 saturated heterocycles. The zero-order valence-corrected chi connectivity index (χ0v) is 16.3. The Hall–Kier alpha value is -2.21. The number of thiophene rings is 1. The molecule has 1 N–H and O–H groups in total. The molecule has 2 unspecified atom stereocenters. The summed E-state index contributed by atoms with van der Waals surface area (Å²) in [7, 11) is 3.31. The van der Waals surface area contributed by atoms with E-state index in [1.165, 1.54) is 4.88 Å². The number of rotatable bonds is 6. The molecule has 1 aliphatic rings. The van der Waals surface area contributed by atoms with E-state index < -0.39 is 0 Å².